The second-order valence-electron chi connectivity index (χ2n) is 4.81. The molecule has 106 valence electrons. The highest BCUT2D eigenvalue weighted by Crippen LogP contribution is 2.26. The maximum absolute atomic E-state index is 9.22. The van der Waals surface area contributed by atoms with Gasteiger partial charge >= 0.3 is 0 Å². The van der Waals surface area contributed by atoms with Crippen LogP contribution in [-0.2, 0) is 13.2 Å². The van der Waals surface area contributed by atoms with Crippen LogP contribution in [-0.4, -0.2) is 12.2 Å². The average Bonchev–Trinajstić information content (AvgIpc) is 2.46. The number of hydrogen-bond donors (Lipinski definition) is 1. The summed E-state index contributed by atoms with van der Waals surface area (Å²) in [4.78, 5) is 0. The molecule has 0 amide bonds. The summed E-state index contributed by atoms with van der Waals surface area (Å²) in [6.45, 7) is 4.50. The van der Waals surface area contributed by atoms with E-state index in [1.807, 2.05) is 50.2 Å². The van der Waals surface area contributed by atoms with Gasteiger partial charge in [0.15, 0.2) is 0 Å². The number of rotatable bonds is 5. The molecule has 0 spiro atoms. The summed E-state index contributed by atoms with van der Waals surface area (Å²) >= 11 is 0. The molecular formula is C17H20O3. The number of ether oxygens (including phenoxy) is 2. The van der Waals surface area contributed by atoms with E-state index in [4.69, 9.17) is 9.47 Å². The van der Waals surface area contributed by atoms with Gasteiger partial charge in [0, 0.05) is 5.56 Å². The molecule has 0 aliphatic rings. The lowest BCUT2D eigenvalue weighted by atomic mass is 10.1. The molecule has 0 aliphatic carbocycles. The van der Waals surface area contributed by atoms with E-state index in [-0.39, 0.29) is 6.61 Å². The summed E-state index contributed by atoms with van der Waals surface area (Å²) in [5.41, 5.74) is 4.01. The summed E-state index contributed by atoms with van der Waals surface area (Å²) < 4.78 is 11.3. The lowest BCUT2D eigenvalue weighted by Gasteiger charge is -2.14. The van der Waals surface area contributed by atoms with Crippen molar-refractivity contribution in [2.75, 3.05) is 7.11 Å². The topological polar surface area (TPSA) is 38.7 Å². The largest absolute Gasteiger partial charge is 0.496 e. The molecule has 0 saturated heterocycles. The van der Waals surface area contributed by atoms with Crippen molar-refractivity contribution in [3.63, 3.8) is 0 Å². The van der Waals surface area contributed by atoms with Gasteiger partial charge in [-0.1, -0.05) is 24.3 Å². The Balaban J connectivity index is 2.22. The molecule has 0 heterocycles. The van der Waals surface area contributed by atoms with Crippen LogP contribution in [0.2, 0.25) is 0 Å². The zero-order valence-electron chi connectivity index (χ0n) is 12.1. The van der Waals surface area contributed by atoms with Crippen molar-refractivity contribution in [1.29, 1.82) is 0 Å². The van der Waals surface area contributed by atoms with Crippen LogP contribution in [0.5, 0.6) is 11.5 Å². The first kappa shape index (κ1) is 14.4. The highest BCUT2D eigenvalue weighted by molar-refractivity contribution is 5.41. The van der Waals surface area contributed by atoms with Crippen molar-refractivity contribution in [2.45, 2.75) is 27.1 Å². The quantitative estimate of drug-likeness (QED) is 0.906. The average molecular weight is 272 g/mol. The van der Waals surface area contributed by atoms with Crippen LogP contribution in [0.25, 0.3) is 0 Å². The van der Waals surface area contributed by atoms with Gasteiger partial charge in [-0.3, -0.25) is 0 Å². The van der Waals surface area contributed by atoms with E-state index in [1.165, 1.54) is 0 Å². The fourth-order valence-corrected chi connectivity index (χ4v) is 2.22. The summed E-state index contributed by atoms with van der Waals surface area (Å²) in [6, 6.07) is 11.7. The number of aryl methyl sites for hydroxylation is 2. The van der Waals surface area contributed by atoms with Crippen molar-refractivity contribution in [3.8, 4) is 11.5 Å². The molecule has 2 aromatic rings. The van der Waals surface area contributed by atoms with E-state index in [0.717, 1.165) is 33.8 Å². The Morgan fingerprint density at radius 3 is 2.35 bits per heavy atom. The van der Waals surface area contributed by atoms with Gasteiger partial charge in [-0.05, 0) is 42.7 Å². The Morgan fingerprint density at radius 1 is 1.05 bits per heavy atom. The first-order chi connectivity index (χ1) is 9.65. The molecular weight excluding hydrogens is 252 g/mol. The van der Waals surface area contributed by atoms with Crippen LogP contribution in [0.1, 0.15) is 22.3 Å². The van der Waals surface area contributed by atoms with Crippen molar-refractivity contribution >= 4 is 0 Å². The van der Waals surface area contributed by atoms with Crippen molar-refractivity contribution in [2.24, 2.45) is 0 Å². The van der Waals surface area contributed by atoms with E-state index >= 15 is 0 Å². The van der Waals surface area contributed by atoms with Crippen LogP contribution in [0.4, 0.5) is 0 Å². The maximum Gasteiger partial charge on any atom is 0.125 e. The van der Waals surface area contributed by atoms with Gasteiger partial charge in [-0.15, -0.1) is 0 Å². The number of aliphatic hydroxyl groups excluding tert-OH is 1. The Bertz CT molecular complexity index is 571. The van der Waals surface area contributed by atoms with Crippen LogP contribution < -0.4 is 9.47 Å². The zero-order chi connectivity index (χ0) is 14.5. The summed E-state index contributed by atoms with van der Waals surface area (Å²) in [5, 5.41) is 9.22. The first-order valence-corrected chi connectivity index (χ1v) is 6.61. The van der Waals surface area contributed by atoms with Gasteiger partial charge in [0.2, 0.25) is 0 Å². The summed E-state index contributed by atoms with van der Waals surface area (Å²) in [6.07, 6.45) is 0. The number of para-hydroxylation sites is 1. The molecule has 20 heavy (non-hydrogen) atoms. The van der Waals surface area contributed by atoms with Gasteiger partial charge in [0.1, 0.15) is 18.1 Å². The molecule has 3 nitrogen and oxygen atoms in total. The van der Waals surface area contributed by atoms with Gasteiger partial charge in [0.05, 0.1) is 13.7 Å². The third-order valence-corrected chi connectivity index (χ3v) is 3.31. The van der Waals surface area contributed by atoms with Gasteiger partial charge in [-0.25, -0.2) is 0 Å². The molecule has 0 unspecified atom stereocenters. The van der Waals surface area contributed by atoms with Crippen LogP contribution in [0.15, 0.2) is 36.4 Å². The van der Waals surface area contributed by atoms with E-state index < -0.39 is 0 Å². The van der Waals surface area contributed by atoms with Gasteiger partial charge in [0.25, 0.3) is 0 Å². The molecule has 0 radical (unpaired) electrons. The lowest BCUT2D eigenvalue weighted by molar-refractivity contribution is 0.278. The standard InChI is InChI=1S/C17H20O3/c1-12-5-4-6-13(2)17(12)20-11-15-9-14(10-18)7-8-16(15)19-3/h4-9,18H,10-11H2,1-3H3. The molecule has 2 rings (SSSR count). The summed E-state index contributed by atoms with van der Waals surface area (Å²) in [5.74, 6) is 1.68. The molecule has 0 aliphatic heterocycles. The predicted octanol–water partition coefficient (Wildman–Crippen LogP) is 3.38. The van der Waals surface area contributed by atoms with Crippen LogP contribution in [0.3, 0.4) is 0 Å². The van der Waals surface area contributed by atoms with Gasteiger partial charge < -0.3 is 14.6 Å². The normalized spacial score (nSPS) is 10.4. The smallest absolute Gasteiger partial charge is 0.125 e. The third kappa shape index (κ3) is 3.11. The molecule has 0 atom stereocenters. The van der Waals surface area contributed by atoms with E-state index in [0.29, 0.717) is 6.61 Å². The number of benzene rings is 2. The van der Waals surface area contributed by atoms with E-state index in [2.05, 4.69) is 0 Å². The Kier molecular flexibility index (Phi) is 4.64. The Labute approximate surface area is 119 Å². The van der Waals surface area contributed by atoms with Crippen molar-refractivity contribution in [1.82, 2.24) is 0 Å². The van der Waals surface area contributed by atoms with Crippen molar-refractivity contribution < 1.29 is 14.6 Å². The van der Waals surface area contributed by atoms with Gasteiger partial charge in [-0.2, -0.15) is 0 Å². The first-order valence-electron chi connectivity index (χ1n) is 6.61. The minimum absolute atomic E-state index is 0.0143. The minimum Gasteiger partial charge on any atom is -0.496 e. The SMILES string of the molecule is COc1ccc(CO)cc1COc1c(C)cccc1C. The molecule has 0 fully saturated rings. The molecule has 0 saturated carbocycles. The van der Waals surface area contributed by atoms with Crippen LogP contribution in [0, 0.1) is 13.8 Å². The molecule has 0 bridgehead atoms. The number of aliphatic hydroxyl groups is 1. The summed E-state index contributed by atoms with van der Waals surface area (Å²) in [7, 11) is 1.64. The van der Waals surface area contributed by atoms with Crippen LogP contribution >= 0.6 is 0 Å². The minimum atomic E-state index is 0.0143. The van der Waals surface area contributed by atoms with E-state index in [1.54, 1.807) is 7.11 Å². The second-order valence-corrected chi connectivity index (χ2v) is 4.81. The molecule has 2 aromatic carbocycles. The Morgan fingerprint density at radius 2 is 1.75 bits per heavy atom. The third-order valence-electron chi connectivity index (χ3n) is 3.31. The maximum atomic E-state index is 9.22. The molecule has 1 N–H and O–H groups in total. The predicted molar refractivity (Wildman–Crippen MR) is 79.2 cm³/mol. The van der Waals surface area contributed by atoms with E-state index in [9.17, 15) is 5.11 Å². The number of methoxy groups -OCH3 is 1. The number of hydrogen-bond acceptors (Lipinski definition) is 3. The second kappa shape index (κ2) is 6.44. The zero-order valence-corrected chi connectivity index (χ0v) is 12.1. The fourth-order valence-electron chi connectivity index (χ4n) is 2.22. The fraction of sp³-hybridized carbons (Fsp3) is 0.294. The van der Waals surface area contributed by atoms with Crippen molar-refractivity contribution in [3.05, 3.63) is 58.7 Å². The molecule has 0 aromatic heterocycles. The highest BCUT2D eigenvalue weighted by Gasteiger charge is 2.08. The molecule has 3 heteroatoms. The lowest BCUT2D eigenvalue weighted by Crippen LogP contribution is -2.02. The highest BCUT2D eigenvalue weighted by atomic mass is 16.5. The Hall–Kier alpha value is -2.00. The monoisotopic (exact) mass is 272 g/mol.